The summed E-state index contributed by atoms with van der Waals surface area (Å²) in [6.45, 7) is 7.51. The summed E-state index contributed by atoms with van der Waals surface area (Å²) < 4.78 is 5.81. The highest BCUT2D eigenvalue weighted by Gasteiger charge is 2.28. The van der Waals surface area contributed by atoms with Crippen LogP contribution in [0.25, 0.3) is 11.3 Å². The molecule has 8 nitrogen and oxygen atoms in total. The van der Waals surface area contributed by atoms with Gasteiger partial charge in [-0.15, -0.1) is 0 Å². The minimum atomic E-state index is -0.0861. The van der Waals surface area contributed by atoms with Crippen LogP contribution >= 0.6 is 11.6 Å². The molecular weight excluding hydrogens is 428 g/mol. The predicted molar refractivity (Wildman–Crippen MR) is 126 cm³/mol. The van der Waals surface area contributed by atoms with Gasteiger partial charge in [0.2, 0.25) is 5.91 Å². The maximum Gasteiger partial charge on any atom is 0.229 e. The molecule has 4 heterocycles. The molecule has 0 aliphatic carbocycles. The molecule has 0 saturated carbocycles. The van der Waals surface area contributed by atoms with Gasteiger partial charge < -0.3 is 20.7 Å². The van der Waals surface area contributed by atoms with Crippen LogP contribution < -0.4 is 16.0 Å². The summed E-state index contributed by atoms with van der Waals surface area (Å²) >= 11 is 6.41. The van der Waals surface area contributed by atoms with Crippen LogP contribution in [0.2, 0.25) is 5.02 Å². The second-order valence-electron chi connectivity index (χ2n) is 9.22. The molecule has 0 radical (unpaired) electrons. The maximum atomic E-state index is 12.6. The van der Waals surface area contributed by atoms with Crippen LogP contribution in [0.15, 0.2) is 24.7 Å². The van der Waals surface area contributed by atoms with E-state index in [0.29, 0.717) is 40.4 Å². The molecule has 32 heavy (non-hydrogen) atoms. The Kier molecular flexibility index (Phi) is 7.23. The molecule has 0 aromatic carbocycles. The lowest BCUT2D eigenvalue weighted by atomic mass is 9.88. The summed E-state index contributed by atoms with van der Waals surface area (Å²) in [5.41, 5.74) is 1.23. The van der Waals surface area contributed by atoms with Crippen molar-refractivity contribution in [2.45, 2.75) is 45.1 Å². The van der Waals surface area contributed by atoms with E-state index in [0.717, 1.165) is 45.4 Å². The number of amides is 1. The average molecular weight is 459 g/mol. The number of hydrogen-bond donors (Lipinski definition) is 3. The van der Waals surface area contributed by atoms with E-state index in [1.165, 1.54) is 6.20 Å². The van der Waals surface area contributed by atoms with E-state index < -0.39 is 0 Å². The number of carbonyl (C=O) groups is 1. The fourth-order valence-corrected chi connectivity index (χ4v) is 4.57. The van der Waals surface area contributed by atoms with Crippen molar-refractivity contribution in [2.24, 2.45) is 11.8 Å². The third-order valence-corrected chi connectivity index (χ3v) is 6.36. The highest BCUT2D eigenvalue weighted by atomic mass is 35.5. The van der Waals surface area contributed by atoms with Crippen molar-refractivity contribution in [2.75, 3.05) is 36.9 Å². The lowest BCUT2D eigenvalue weighted by Crippen LogP contribution is -2.37. The smallest absolute Gasteiger partial charge is 0.229 e. The Labute approximate surface area is 193 Å². The number of ether oxygens (including phenoxy) is 1. The molecule has 2 atom stereocenters. The van der Waals surface area contributed by atoms with Crippen molar-refractivity contribution < 1.29 is 9.53 Å². The first kappa shape index (κ1) is 22.9. The van der Waals surface area contributed by atoms with E-state index in [-0.39, 0.29) is 17.4 Å². The average Bonchev–Trinajstić information content (AvgIpc) is 2.79. The van der Waals surface area contributed by atoms with Crippen LogP contribution in [-0.4, -0.2) is 52.7 Å². The number of pyridine rings is 1. The second kappa shape index (κ2) is 10.1. The van der Waals surface area contributed by atoms with Gasteiger partial charge in [-0.2, -0.15) is 0 Å². The van der Waals surface area contributed by atoms with Crippen LogP contribution in [0.5, 0.6) is 0 Å². The molecule has 2 saturated heterocycles. The molecule has 2 aromatic heterocycles. The second-order valence-corrected chi connectivity index (χ2v) is 9.63. The van der Waals surface area contributed by atoms with E-state index in [1.54, 1.807) is 18.5 Å². The molecule has 0 bridgehead atoms. The number of nitrogens with one attached hydrogen (secondary N) is 3. The molecule has 1 amide bonds. The molecule has 2 fully saturated rings. The fraction of sp³-hybridized carbons (Fsp3) is 0.565. The number of piperidine rings is 1. The van der Waals surface area contributed by atoms with Crippen molar-refractivity contribution in [3.63, 3.8) is 0 Å². The molecule has 4 rings (SSSR count). The zero-order valence-corrected chi connectivity index (χ0v) is 19.4. The van der Waals surface area contributed by atoms with Crippen molar-refractivity contribution >= 4 is 29.1 Å². The molecule has 0 spiro atoms. The van der Waals surface area contributed by atoms with Crippen molar-refractivity contribution in [3.05, 3.63) is 29.7 Å². The number of carbonyl (C=O) groups excluding carboxylic acids is 1. The summed E-state index contributed by atoms with van der Waals surface area (Å²) in [5, 5.41) is 10.0. The number of aromatic nitrogens is 3. The quantitative estimate of drug-likeness (QED) is 0.606. The standard InChI is InChI=1S/C23H31ClN6O2/c1-23(2)9-15(5-7-32-23)10-27-21-14-26-13-19(29-21)17-8-20(28-12-18(17)24)30-22(31)16-4-3-6-25-11-16/h8,12-16,25H,3-7,9-11H2,1-2H3,(H,27,29)(H,28,30,31)/t15-,16+/m0/s1. The number of hydrogen-bond acceptors (Lipinski definition) is 7. The SMILES string of the molecule is CC1(C)C[C@@H](CNc2cncc(-c3cc(NC(=O)[C@@H]4CCCNC4)ncc3Cl)n2)CCO1. The van der Waals surface area contributed by atoms with E-state index >= 15 is 0 Å². The van der Waals surface area contributed by atoms with Crippen LogP contribution in [0.3, 0.4) is 0 Å². The van der Waals surface area contributed by atoms with Gasteiger partial charge in [0.1, 0.15) is 11.6 Å². The van der Waals surface area contributed by atoms with Gasteiger partial charge in [0, 0.05) is 31.5 Å². The van der Waals surface area contributed by atoms with Crippen molar-refractivity contribution in [1.29, 1.82) is 0 Å². The lowest BCUT2D eigenvalue weighted by Gasteiger charge is -2.35. The van der Waals surface area contributed by atoms with Gasteiger partial charge in [-0.1, -0.05) is 11.6 Å². The minimum absolute atomic E-state index is 0.0288. The topological polar surface area (TPSA) is 101 Å². The Morgan fingerprint density at radius 3 is 2.94 bits per heavy atom. The monoisotopic (exact) mass is 458 g/mol. The lowest BCUT2D eigenvalue weighted by molar-refractivity contribution is -0.120. The Morgan fingerprint density at radius 1 is 1.28 bits per heavy atom. The van der Waals surface area contributed by atoms with Gasteiger partial charge in [0.05, 0.1) is 34.6 Å². The predicted octanol–water partition coefficient (Wildman–Crippen LogP) is 3.75. The number of anilines is 2. The molecule has 3 N–H and O–H groups in total. The van der Waals surface area contributed by atoms with Crippen molar-refractivity contribution in [3.8, 4) is 11.3 Å². The van der Waals surface area contributed by atoms with Crippen LogP contribution in [0.4, 0.5) is 11.6 Å². The zero-order chi connectivity index (χ0) is 22.6. The van der Waals surface area contributed by atoms with Crippen molar-refractivity contribution in [1.82, 2.24) is 20.3 Å². The van der Waals surface area contributed by atoms with Gasteiger partial charge in [0.25, 0.3) is 0 Å². The molecule has 172 valence electrons. The normalized spacial score (nSPS) is 22.8. The van der Waals surface area contributed by atoms with E-state index in [4.69, 9.17) is 21.3 Å². The molecule has 0 unspecified atom stereocenters. The summed E-state index contributed by atoms with van der Waals surface area (Å²) in [4.78, 5) is 25.9. The summed E-state index contributed by atoms with van der Waals surface area (Å²) in [7, 11) is 0. The summed E-state index contributed by atoms with van der Waals surface area (Å²) in [6, 6.07) is 1.76. The Hall–Kier alpha value is -2.29. The number of rotatable bonds is 6. The first-order valence-corrected chi connectivity index (χ1v) is 11.6. The first-order valence-electron chi connectivity index (χ1n) is 11.3. The molecular formula is C23H31ClN6O2. The third-order valence-electron chi connectivity index (χ3n) is 6.06. The summed E-state index contributed by atoms with van der Waals surface area (Å²) in [5.74, 6) is 1.60. The molecule has 2 aliphatic heterocycles. The highest BCUT2D eigenvalue weighted by Crippen LogP contribution is 2.30. The molecule has 2 aliphatic rings. The third kappa shape index (κ3) is 5.94. The highest BCUT2D eigenvalue weighted by molar-refractivity contribution is 6.33. The summed E-state index contributed by atoms with van der Waals surface area (Å²) in [6.07, 6.45) is 8.82. The largest absolute Gasteiger partial charge is 0.376 e. The Bertz CT molecular complexity index is 948. The van der Waals surface area contributed by atoms with Crippen LogP contribution in [0, 0.1) is 11.8 Å². The minimum Gasteiger partial charge on any atom is -0.376 e. The van der Waals surface area contributed by atoms with Gasteiger partial charge >= 0.3 is 0 Å². The van der Waals surface area contributed by atoms with Gasteiger partial charge in [-0.05, 0) is 58.1 Å². The zero-order valence-electron chi connectivity index (χ0n) is 18.7. The fourth-order valence-electron chi connectivity index (χ4n) is 4.37. The first-order chi connectivity index (χ1) is 15.4. The van der Waals surface area contributed by atoms with Crippen LogP contribution in [0.1, 0.15) is 39.5 Å². The Morgan fingerprint density at radius 2 is 2.16 bits per heavy atom. The molecule has 9 heteroatoms. The van der Waals surface area contributed by atoms with Gasteiger partial charge in [-0.25, -0.2) is 9.97 Å². The number of nitrogens with zero attached hydrogens (tertiary/aromatic N) is 3. The number of halogens is 1. The van der Waals surface area contributed by atoms with Gasteiger partial charge in [0.15, 0.2) is 0 Å². The van der Waals surface area contributed by atoms with E-state index in [1.807, 2.05) is 0 Å². The molecule has 2 aromatic rings. The van der Waals surface area contributed by atoms with Gasteiger partial charge in [-0.3, -0.25) is 9.78 Å². The van der Waals surface area contributed by atoms with Crippen LogP contribution in [-0.2, 0) is 9.53 Å². The Balaban J connectivity index is 1.43. The maximum absolute atomic E-state index is 12.6. The van der Waals surface area contributed by atoms with E-state index in [9.17, 15) is 4.79 Å². The van der Waals surface area contributed by atoms with E-state index in [2.05, 4.69) is 39.8 Å².